The lowest BCUT2D eigenvalue weighted by Crippen LogP contribution is -2.41. The number of nitrogens with zero attached hydrogens (tertiary/aromatic N) is 1. The standard InChI is InChI=1S/C12H16N2O4/c15-11(16)9-2-1-4-14-10(9)6-13-7-12(17)3-5-18-8-12/h1-2,4,13,17H,3,5-8H2,(H,15,16). The van der Waals surface area contributed by atoms with Gasteiger partial charge in [0.15, 0.2) is 0 Å². The number of pyridine rings is 1. The van der Waals surface area contributed by atoms with E-state index in [2.05, 4.69) is 10.3 Å². The number of aliphatic hydroxyl groups is 1. The second-order valence-corrected chi connectivity index (χ2v) is 4.43. The van der Waals surface area contributed by atoms with Crippen LogP contribution in [0.5, 0.6) is 0 Å². The van der Waals surface area contributed by atoms with E-state index < -0.39 is 11.6 Å². The Hall–Kier alpha value is -1.50. The molecule has 2 rings (SSSR count). The van der Waals surface area contributed by atoms with Gasteiger partial charge in [0.1, 0.15) is 5.60 Å². The lowest BCUT2D eigenvalue weighted by atomic mass is 10.0. The lowest BCUT2D eigenvalue weighted by Gasteiger charge is -2.20. The van der Waals surface area contributed by atoms with E-state index >= 15 is 0 Å². The molecule has 18 heavy (non-hydrogen) atoms. The van der Waals surface area contributed by atoms with Gasteiger partial charge in [0, 0.05) is 32.3 Å². The van der Waals surface area contributed by atoms with Gasteiger partial charge in [-0.1, -0.05) is 0 Å². The van der Waals surface area contributed by atoms with Crippen LogP contribution in [0.25, 0.3) is 0 Å². The van der Waals surface area contributed by atoms with Gasteiger partial charge in [-0.3, -0.25) is 4.98 Å². The quantitative estimate of drug-likeness (QED) is 0.684. The van der Waals surface area contributed by atoms with Crippen molar-refractivity contribution in [1.29, 1.82) is 0 Å². The van der Waals surface area contributed by atoms with Gasteiger partial charge >= 0.3 is 5.97 Å². The van der Waals surface area contributed by atoms with Crippen molar-refractivity contribution >= 4 is 5.97 Å². The van der Waals surface area contributed by atoms with Crippen LogP contribution in [0.4, 0.5) is 0 Å². The minimum absolute atomic E-state index is 0.180. The predicted octanol–water partition coefficient (Wildman–Crippen LogP) is 0.0208. The molecule has 0 bridgehead atoms. The average Bonchev–Trinajstić information content (AvgIpc) is 2.77. The zero-order chi connectivity index (χ0) is 13.0. The van der Waals surface area contributed by atoms with Crippen LogP contribution in [0.2, 0.25) is 0 Å². The van der Waals surface area contributed by atoms with E-state index in [1.54, 1.807) is 12.3 Å². The molecule has 2 heterocycles. The summed E-state index contributed by atoms with van der Waals surface area (Å²) in [6.45, 7) is 1.55. The number of carboxylic acid groups (broad SMARTS) is 1. The zero-order valence-electron chi connectivity index (χ0n) is 9.93. The summed E-state index contributed by atoms with van der Waals surface area (Å²) in [5.41, 5.74) is -0.204. The van der Waals surface area contributed by atoms with Crippen LogP contribution in [-0.2, 0) is 11.3 Å². The van der Waals surface area contributed by atoms with E-state index in [-0.39, 0.29) is 5.56 Å². The molecule has 0 amide bonds. The highest BCUT2D eigenvalue weighted by Gasteiger charge is 2.31. The highest BCUT2D eigenvalue weighted by Crippen LogP contribution is 2.17. The molecule has 1 fully saturated rings. The van der Waals surface area contributed by atoms with Crippen LogP contribution in [0.1, 0.15) is 22.5 Å². The first-order valence-electron chi connectivity index (χ1n) is 5.79. The largest absolute Gasteiger partial charge is 0.478 e. The molecule has 6 heteroatoms. The summed E-state index contributed by atoms with van der Waals surface area (Å²) in [7, 11) is 0. The summed E-state index contributed by atoms with van der Waals surface area (Å²) in [6.07, 6.45) is 2.14. The van der Waals surface area contributed by atoms with Crippen molar-refractivity contribution < 1.29 is 19.7 Å². The lowest BCUT2D eigenvalue weighted by molar-refractivity contribution is 0.0268. The van der Waals surface area contributed by atoms with Gasteiger partial charge in [-0.15, -0.1) is 0 Å². The van der Waals surface area contributed by atoms with Gasteiger partial charge in [-0.05, 0) is 12.1 Å². The normalized spacial score (nSPS) is 23.2. The minimum atomic E-state index is -0.997. The van der Waals surface area contributed by atoms with Crippen molar-refractivity contribution in [2.75, 3.05) is 19.8 Å². The molecule has 6 nitrogen and oxygen atoms in total. The monoisotopic (exact) mass is 252 g/mol. The molecule has 1 aromatic rings. The van der Waals surface area contributed by atoms with Gasteiger partial charge in [0.05, 0.1) is 17.9 Å². The first kappa shape index (κ1) is 12.9. The summed E-state index contributed by atoms with van der Waals surface area (Å²) in [5.74, 6) is -0.997. The van der Waals surface area contributed by atoms with Crippen LogP contribution in [0, 0.1) is 0 Å². The SMILES string of the molecule is O=C(O)c1cccnc1CNCC1(O)CCOC1. The fraction of sp³-hybridized carbons (Fsp3) is 0.500. The van der Waals surface area contributed by atoms with Crippen molar-refractivity contribution in [2.45, 2.75) is 18.6 Å². The molecular weight excluding hydrogens is 236 g/mol. The van der Waals surface area contributed by atoms with Gasteiger partial charge in [-0.2, -0.15) is 0 Å². The highest BCUT2D eigenvalue weighted by atomic mass is 16.5. The van der Waals surface area contributed by atoms with Gasteiger partial charge in [0.25, 0.3) is 0 Å². The summed E-state index contributed by atoms with van der Waals surface area (Å²) in [5, 5.41) is 22.0. The van der Waals surface area contributed by atoms with Crippen molar-refractivity contribution in [3.05, 3.63) is 29.6 Å². The second-order valence-electron chi connectivity index (χ2n) is 4.43. The van der Waals surface area contributed by atoms with Crippen LogP contribution in [0.15, 0.2) is 18.3 Å². The Bertz CT molecular complexity index is 430. The Morgan fingerprint density at radius 2 is 2.44 bits per heavy atom. The molecule has 3 N–H and O–H groups in total. The summed E-state index contributed by atoms with van der Waals surface area (Å²) in [6, 6.07) is 3.10. The maximum Gasteiger partial charge on any atom is 0.337 e. The van der Waals surface area contributed by atoms with Crippen molar-refractivity contribution in [3.8, 4) is 0 Å². The number of aromatic nitrogens is 1. The molecule has 0 aliphatic carbocycles. The Labute approximate surface area is 105 Å². The van der Waals surface area contributed by atoms with E-state index in [1.165, 1.54) is 6.07 Å². The van der Waals surface area contributed by atoms with Crippen LogP contribution in [0.3, 0.4) is 0 Å². The Kier molecular flexibility index (Phi) is 3.90. The first-order chi connectivity index (χ1) is 8.61. The molecule has 1 atom stereocenters. The number of hydrogen-bond acceptors (Lipinski definition) is 5. The zero-order valence-corrected chi connectivity index (χ0v) is 9.93. The molecule has 1 saturated heterocycles. The number of hydrogen-bond donors (Lipinski definition) is 3. The van der Waals surface area contributed by atoms with Crippen LogP contribution in [-0.4, -0.2) is 46.5 Å². The third-order valence-electron chi connectivity index (χ3n) is 2.95. The van der Waals surface area contributed by atoms with E-state index in [1.807, 2.05) is 0 Å². The molecule has 98 valence electrons. The molecule has 1 aromatic heterocycles. The van der Waals surface area contributed by atoms with Crippen LogP contribution >= 0.6 is 0 Å². The minimum Gasteiger partial charge on any atom is -0.478 e. The Balaban J connectivity index is 1.92. The van der Waals surface area contributed by atoms with Crippen molar-refractivity contribution in [1.82, 2.24) is 10.3 Å². The smallest absolute Gasteiger partial charge is 0.337 e. The molecule has 0 saturated carbocycles. The van der Waals surface area contributed by atoms with Gasteiger partial charge in [0.2, 0.25) is 0 Å². The third-order valence-corrected chi connectivity index (χ3v) is 2.95. The fourth-order valence-electron chi connectivity index (χ4n) is 1.92. The molecule has 1 aliphatic heterocycles. The summed E-state index contributed by atoms with van der Waals surface area (Å²) in [4.78, 5) is 15.0. The highest BCUT2D eigenvalue weighted by molar-refractivity contribution is 5.88. The number of aromatic carboxylic acids is 1. The van der Waals surface area contributed by atoms with E-state index in [4.69, 9.17) is 9.84 Å². The van der Waals surface area contributed by atoms with Crippen molar-refractivity contribution in [3.63, 3.8) is 0 Å². The maximum atomic E-state index is 11.0. The Morgan fingerprint density at radius 1 is 1.61 bits per heavy atom. The summed E-state index contributed by atoms with van der Waals surface area (Å²) >= 11 is 0. The number of carboxylic acids is 1. The average molecular weight is 252 g/mol. The van der Waals surface area contributed by atoms with E-state index in [0.717, 1.165) is 0 Å². The first-order valence-corrected chi connectivity index (χ1v) is 5.79. The fourth-order valence-corrected chi connectivity index (χ4v) is 1.92. The van der Waals surface area contributed by atoms with E-state index in [0.29, 0.717) is 38.4 Å². The molecule has 0 spiro atoms. The predicted molar refractivity (Wildman–Crippen MR) is 63.3 cm³/mol. The van der Waals surface area contributed by atoms with Crippen molar-refractivity contribution in [2.24, 2.45) is 0 Å². The summed E-state index contributed by atoms with van der Waals surface area (Å²) < 4.78 is 5.13. The third kappa shape index (κ3) is 3.04. The van der Waals surface area contributed by atoms with Crippen LogP contribution < -0.4 is 5.32 Å². The van der Waals surface area contributed by atoms with E-state index in [9.17, 15) is 9.90 Å². The topological polar surface area (TPSA) is 91.7 Å². The molecule has 1 unspecified atom stereocenters. The number of nitrogens with one attached hydrogen (secondary N) is 1. The molecule has 1 aliphatic rings. The Morgan fingerprint density at radius 3 is 3.11 bits per heavy atom. The molecular formula is C12H16N2O4. The maximum absolute atomic E-state index is 11.0. The van der Waals surface area contributed by atoms with Gasteiger partial charge in [-0.25, -0.2) is 4.79 Å². The second kappa shape index (κ2) is 5.43. The number of rotatable bonds is 5. The number of carbonyl (C=O) groups is 1. The van der Waals surface area contributed by atoms with Gasteiger partial charge < -0.3 is 20.3 Å². The molecule has 0 radical (unpaired) electrons. The number of ether oxygens (including phenoxy) is 1. The molecule has 0 aromatic carbocycles.